The van der Waals surface area contributed by atoms with Crippen LogP contribution in [0.3, 0.4) is 0 Å². The van der Waals surface area contributed by atoms with Crippen LogP contribution in [0, 0.1) is 18.3 Å². The molecule has 0 radical (unpaired) electrons. The van der Waals surface area contributed by atoms with Gasteiger partial charge in [-0.15, -0.1) is 11.3 Å². The number of thiophene rings is 1. The van der Waals surface area contributed by atoms with E-state index in [0.29, 0.717) is 28.1 Å². The second-order valence-corrected chi connectivity index (χ2v) is 5.12. The van der Waals surface area contributed by atoms with Gasteiger partial charge in [-0.05, 0) is 6.92 Å². The van der Waals surface area contributed by atoms with E-state index in [-0.39, 0.29) is 23.7 Å². The van der Waals surface area contributed by atoms with Crippen molar-refractivity contribution in [1.82, 2.24) is 15.5 Å². The van der Waals surface area contributed by atoms with Crippen LogP contribution in [0.25, 0.3) is 0 Å². The zero-order valence-corrected chi connectivity index (χ0v) is 12.4. The van der Waals surface area contributed by atoms with Gasteiger partial charge in [-0.25, -0.2) is 0 Å². The minimum absolute atomic E-state index is 0.181. The topological polar surface area (TPSA) is 130 Å². The molecule has 0 unspecified atom stereocenters. The van der Waals surface area contributed by atoms with E-state index in [2.05, 4.69) is 20.8 Å². The zero-order chi connectivity index (χ0) is 15.4. The lowest BCUT2D eigenvalue weighted by Gasteiger charge is -1.99. The van der Waals surface area contributed by atoms with Crippen molar-refractivity contribution in [2.75, 3.05) is 17.6 Å². The molecule has 0 spiro atoms. The number of anilines is 2. The number of nitriles is 1. The van der Waals surface area contributed by atoms with Gasteiger partial charge in [-0.2, -0.15) is 10.2 Å². The van der Waals surface area contributed by atoms with Crippen LogP contribution >= 0.6 is 11.3 Å². The molecule has 0 saturated carbocycles. The maximum Gasteiger partial charge on any atom is 0.263 e. The molecule has 2 heterocycles. The minimum Gasteiger partial charge on any atom is -0.396 e. The van der Waals surface area contributed by atoms with E-state index >= 15 is 0 Å². The second-order valence-electron chi connectivity index (χ2n) is 4.10. The Hall–Kier alpha value is -2.60. The van der Waals surface area contributed by atoms with Crippen LogP contribution in [0.1, 0.15) is 33.9 Å². The normalized spacial score (nSPS) is 10.1. The highest BCUT2D eigenvalue weighted by Gasteiger charge is 2.20. The summed E-state index contributed by atoms with van der Waals surface area (Å²) in [6.45, 7) is 4.27. The number of aromatic nitrogens is 2. The van der Waals surface area contributed by atoms with E-state index in [9.17, 15) is 10.1 Å². The van der Waals surface area contributed by atoms with E-state index in [1.54, 1.807) is 6.92 Å². The Bertz CT molecular complexity index is 699. The van der Waals surface area contributed by atoms with Crippen LogP contribution in [0.2, 0.25) is 0 Å². The van der Waals surface area contributed by atoms with E-state index in [4.69, 9.17) is 10.3 Å². The minimum atomic E-state index is -0.292. The smallest absolute Gasteiger partial charge is 0.263 e. The fourth-order valence-corrected chi connectivity index (χ4v) is 2.64. The van der Waals surface area contributed by atoms with Crippen molar-refractivity contribution in [1.29, 1.82) is 5.26 Å². The first-order valence-electron chi connectivity index (χ1n) is 6.20. The van der Waals surface area contributed by atoms with Crippen LogP contribution in [-0.4, -0.2) is 22.6 Å². The molecule has 0 aliphatic heterocycles. The van der Waals surface area contributed by atoms with Gasteiger partial charge in [0.05, 0.1) is 12.2 Å². The van der Waals surface area contributed by atoms with Gasteiger partial charge < -0.3 is 20.9 Å². The highest BCUT2D eigenvalue weighted by molar-refractivity contribution is 7.18. The van der Waals surface area contributed by atoms with Crippen molar-refractivity contribution in [3.8, 4) is 6.07 Å². The number of hydrogen-bond donors (Lipinski definition) is 3. The molecule has 8 nitrogen and oxygen atoms in total. The van der Waals surface area contributed by atoms with Crippen LogP contribution in [0.4, 0.5) is 10.7 Å². The third-order valence-electron chi connectivity index (χ3n) is 2.58. The number of nitrogens with two attached hydrogens (primary N) is 1. The van der Waals surface area contributed by atoms with Crippen LogP contribution in [0.15, 0.2) is 4.52 Å². The first-order chi connectivity index (χ1) is 10.1. The van der Waals surface area contributed by atoms with Crippen LogP contribution in [0.5, 0.6) is 0 Å². The number of nitrogens with one attached hydrogen (secondary N) is 2. The third-order valence-corrected chi connectivity index (χ3v) is 3.74. The lowest BCUT2D eigenvalue weighted by molar-refractivity contribution is 0.0960. The number of amides is 1. The predicted molar refractivity (Wildman–Crippen MR) is 77.8 cm³/mol. The highest BCUT2D eigenvalue weighted by Crippen LogP contribution is 2.35. The van der Waals surface area contributed by atoms with E-state index in [1.807, 2.05) is 13.0 Å². The number of carbonyl (C=O) groups excluding carboxylic acids is 1. The first kappa shape index (κ1) is 14.8. The Kier molecular flexibility index (Phi) is 4.39. The number of carbonyl (C=O) groups is 1. The Morgan fingerprint density at radius 3 is 2.90 bits per heavy atom. The standard InChI is InChI=1S/C12H14N6O2S/c1-3-15-11(19)10-9(14)7(4-13)12(21-10)16-5-8-17-6(2)20-18-8/h16H,3,5,14H2,1-2H3,(H,15,19). The van der Waals surface area contributed by atoms with Gasteiger partial charge in [0, 0.05) is 13.5 Å². The molecule has 0 aliphatic rings. The van der Waals surface area contributed by atoms with Crippen molar-refractivity contribution < 1.29 is 9.32 Å². The van der Waals surface area contributed by atoms with Crippen molar-refractivity contribution >= 4 is 27.9 Å². The number of rotatable bonds is 5. The van der Waals surface area contributed by atoms with Crippen molar-refractivity contribution in [3.05, 3.63) is 22.2 Å². The quantitative estimate of drug-likeness (QED) is 0.757. The number of aryl methyl sites for hydroxylation is 1. The molecule has 2 aromatic rings. The predicted octanol–water partition coefficient (Wildman–Crippen LogP) is 1.26. The molecule has 110 valence electrons. The van der Waals surface area contributed by atoms with Crippen molar-refractivity contribution in [2.24, 2.45) is 0 Å². The summed E-state index contributed by atoms with van der Waals surface area (Å²) in [5.74, 6) is 0.629. The molecule has 0 saturated heterocycles. The van der Waals surface area contributed by atoms with Gasteiger partial charge in [-0.3, -0.25) is 4.79 Å². The monoisotopic (exact) mass is 306 g/mol. The molecule has 0 fully saturated rings. The second kappa shape index (κ2) is 6.23. The molecular formula is C12H14N6O2S. The maximum absolute atomic E-state index is 11.9. The Morgan fingerprint density at radius 1 is 1.57 bits per heavy atom. The number of nitrogens with zero attached hydrogens (tertiary/aromatic N) is 3. The molecule has 0 aliphatic carbocycles. The molecule has 2 aromatic heterocycles. The Labute approximate surface area is 124 Å². The summed E-state index contributed by atoms with van der Waals surface area (Å²) in [7, 11) is 0. The Morgan fingerprint density at radius 2 is 2.33 bits per heavy atom. The lowest BCUT2D eigenvalue weighted by Crippen LogP contribution is -2.22. The molecule has 1 amide bonds. The van der Waals surface area contributed by atoms with Crippen molar-refractivity contribution in [3.63, 3.8) is 0 Å². The maximum atomic E-state index is 11.9. The summed E-state index contributed by atoms with van der Waals surface area (Å²) in [5.41, 5.74) is 6.29. The lowest BCUT2D eigenvalue weighted by atomic mass is 10.2. The molecule has 9 heteroatoms. The van der Waals surface area contributed by atoms with Gasteiger partial charge in [0.1, 0.15) is 21.5 Å². The van der Waals surface area contributed by atoms with E-state index in [1.165, 1.54) is 0 Å². The SMILES string of the molecule is CCNC(=O)c1sc(NCc2noc(C)n2)c(C#N)c1N. The number of nitrogen functional groups attached to an aromatic ring is 1. The fraction of sp³-hybridized carbons (Fsp3) is 0.333. The van der Waals surface area contributed by atoms with Crippen LogP contribution in [-0.2, 0) is 6.54 Å². The molecule has 4 N–H and O–H groups in total. The van der Waals surface area contributed by atoms with E-state index in [0.717, 1.165) is 11.3 Å². The summed E-state index contributed by atoms with van der Waals surface area (Å²) < 4.78 is 4.86. The van der Waals surface area contributed by atoms with Gasteiger partial charge >= 0.3 is 0 Å². The molecule has 2 rings (SSSR count). The molecule has 0 bridgehead atoms. The van der Waals surface area contributed by atoms with Crippen LogP contribution < -0.4 is 16.4 Å². The molecule has 0 aromatic carbocycles. The molecular weight excluding hydrogens is 292 g/mol. The fourth-order valence-electron chi connectivity index (χ4n) is 1.66. The number of hydrogen-bond acceptors (Lipinski definition) is 8. The zero-order valence-electron chi connectivity index (χ0n) is 11.6. The van der Waals surface area contributed by atoms with Gasteiger partial charge in [0.15, 0.2) is 5.82 Å². The summed E-state index contributed by atoms with van der Waals surface area (Å²) in [6, 6.07) is 2.00. The summed E-state index contributed by atoms with van der Waals surface area (Å²) in [5, 5.41) is 19.1. The summed E-state index contributed by atoms with van der Waals surface area (Å²) >= 11 is 1.13. The summed E-state index contributed by atoms with van der Waals surface area (Å²) in [6.07, 6.45) is 0. The van der Waals surface area contributed by atoms with Crippen molar-refractivity contribution in [2.45, 2.75) is 20.4 Å². The third kappa shape index (κ3) is 3.11. The van der Waals surface area contributed by atoms with Gasteiger partial charge in [-0.1, -0.05) is 5.16 Å². The molecule has 21 heavy (non-hydrogen) atoms. The van der Waals surface area contributed by atoms with Gasteiger partial charge in [0.2, 0.25) is 5.89 Å². The van der Waals surface area contributed by atoms with E-state index < -0.39 is 0 Å². The summed E-state index contributed by atoms with van der Waals surface area (Å²) in [4.78, 5) is 16.2. The first-order valence-corrected chi connectivity index (χ1v) is 7.02. The average Bonchev–Trinajstić information content (AvgIpc) is 3.00. The molecule has 0 atom stereocenters. The Balaban J connectivity index is 2.21. The highest BCUT2D eigenvalue weighted by atomic mass is 32.1. The average molecular weight is 306 g/mol. The van der Waals surface area contributed by atoms with Gasteiger partial charge in [0.25, 0.3) is 5.91 Å². The largest absolute Gasteiger partial charge is 0.396 e.